The Morgan fingerprint density at radius 1 is 0.900 bits per heavy atom. The minimum Gasteiger partial charge on any atom is -0.307 e. The van der Waals surface area contributed by atoms with Crippen molar-refractivity contribution in [2.75, 3.05) is 11.4 Å². The van der Waals surface area contributed by atoms with E-state index in [1.54, 1.807) is 44.9 Å². The van der Waals surface area contributed by atoms with Crippen molar-refractivity contribution in [3.63, 3.8) is 0 Å². The topological polar surface area (TPSA) is 76.9 Å². The van der Waals surface area contributed by atoms with Crippen LogP contribution in [0.25, 0.3) is 16.9 Å². The number of aromatic nitrogens is 3. The zero-order valence-corrected chi connectivity index (χ0v) is 22.9. The molecule has 3 heterocycles. The summed E-state index contributed by atoms with van der Waals surface area (Å²) in [6.45, 7) is 4.19. The molecule has 5 aromatic rings. The maximum Gasteiger partial charge on any atom is 0.297 e. The highest BCUT2D eigenvalue weighted by Gasteiger charge is 2.33. The monoisotopic (exact) mass is 552 g/mol. The van der Waals surface area contributed by atoms with Crippen molar-refractivity contribution in [1.82, 2.24) is 14.0 Å². The van der Waals surface area contributed by atoms with Gasteiger partial charge in [0.25, 0.3) is 11.5 Å². The van der Waals surface area contributed by atoms with Crippen LogP contribution in [0, 0.1) is 12.7 Å². The quantitative estimate of drug-likeness (QED) is 0.308. The predicted molar refractivity (Wildman–Crippen MR) is 155 cm³/mol. The maximum absolute atomic E-state index is 15.0. The number of hydrogen-bond donors (Lipinski definition) is 0. The Hall–Kier alpha value is -4.83. The third kappa shape index (κ3) is 4.04. The summed E-state index contributed by atoms with van der Waals surface area (Å²) in [5.41, 5.74) is 3.68. The number of fused-ring (bicyclic) bond motifs is 1. The molecule has 0 aliphatic carbocycles. The van der Waals surface area contributed by atoms with Gasteiger partial charge in [-0.05, 0) is 44.2 Å². The van der Waals surface area contributed by atoms with Gasteiger partial charge in [-0.25, -0.2) is 18.7 Å². The van der Waals surface area contributed by atoms with Gasteiger partial charge in [0.2, 0.25) is 4.80 Å². The Labute approximate surface area is 233 Å². The second-order valence-electron chi connectivity index (χ2n) is 9.23. The van der Waals surface area contributed by atoms with E-state index >= 15 is 0 Å². The number of para-hydroxylation sites is 2. The summed E-state index contributed by atoms with van der Waals surface area (Å²) >= 11 is 1.22. The first kappa shape index (κ1) is 25.4. The number of thiazole rings is 1. The van der Waals surface area contributed by atoms with Crippen molar-refractivity contribution in [2.24, 2.45) is 17.1 Å². The van der Waals surface area contributed by atoms with Crippen LogP contribution in [-0.2, 0) is 11.8 Å². The van der Waals surface area contributed by atoms with Gasteiger partial charge in [0.1, 0.15) is 5.82 Å². The molecule has 0 saturated carbocycles. The molecule has 1 amide bonds. The lowest BCUT2D eigenvalue weighted by molar-refractivity contribution is -0.112. The number of benzene rings is 3. The molecule has 6 rings (SSSR count). The van der Waals surface area contributed by atoms with Gasteiger partial charge in [-0.1, -0.05) is 48.5 Å². The standard InChI is InChI=1S/C30H25FN6O2S/c1-4-35-24-17-11-9-15-22(24)27(28(35)38)33-36-25(21-14-8-10-16-23(21)31)18-40-30(36)32-26-19(2)34(3)37(29(26)39)20-12-6-5-7-13-20/h5-18H,4H2,1-3H3. The molecule has 0 saturated heterocycles. The number of carbonyl (C=O) groups excluding carboxylic acids is 1. The first-order chi connectivity index (χ1) is 19.4. The lowest BCUT2D eigenvalue weighted by atomic mass is 10.1. The van der Waals surface area contributed by atoms with E-state index in [1.165, 1.54) is 22.1 Å². The van der Waals surface area contributed by atoms with Gasteiger partial charge in [0, 0.05) is 30.1 Å². The van der Waals surface area contributed by atoms with Crippen molar-refractivity contribution in [1.29, 1.82) is 0 Å². The van der Waals surface area contributed by atoms with E-state index in [9.17, 15) is 14.0 Å². The van der Waals surface area contributed by atoms with Gasteiger partial charge >= 0.3 is 0 Å². The summed E-state index contributed by atoms with van der Waals surface area (Å²) < 4.78 is 19.7. The molecular formula is C30H25FN6O2S. The van der Waals surface area contributed by atoms with E-state index in [4.69, 9.17) is 10.1 Å². The zero-order valence-electron chi connectivity index (χ0n) is 22.1. The number of hydrogen-bond acceptors (Lipinski definition) is 5. The number of amides is 1. The molecule has 0 spiro atoms. The molecule has 0 radical (unpaired) electrons. The van der Waals surface area contributed by atoms with Crippen molar-refractivity contribution in [2.45, 2.75) is 13.8 Å². The fourth-order valence-electron chi connectivity index (χ4n) is 4.88. The largest absolute Gasteiger partial charge is 0.307 e. The molecule has 0 unspecified atom stereocenters. The van der Waals surface area contributed by atoms with E-state index in [-0.39, 0.29) is 22.9 Å². The SMILES string of the molecule is CCN1C(=O)C(=Nn2c(-c3ccccc3F)csc2=Nc2c(C)n(C)n(-c3ccccc3)c2=O)c2ccccc21. The number of anilines is 1. The van der Waals surface area contributed by atoms with Crippen LogP contribution in [0.4, 0.5) is 15.8 Å². The van der Waals surface area contributed by atoms with Crippen molar-refractivity contribution >= 4 is 34.3 Å². The van der Waals surface area contributed by atoms with Gasteiger partial charge in [0.05, 0.1) is 22.8 Å². The molecule has 0 atom stereocenters. The molecule has 0 fully saturated rings. The van der Waals surface area contributed by atoms with Gasteiger partial charge < -0.3 is 4.90 Å². The fourth-order valence-corrected chi connectivity index (χ4v) is 5.71. The summed E-state index contributed by atoms with van der Waals surface area (Å²) in [6.07, 6.45) is 0. The molecule has 2 aromatic heterocycles. The van der Waals surface area contributed by atoms with Crippen LogP contribution < -0.4 is 15.3 Å². The van der Waals surface area contributed by atoms with Crippen LogP contribution in [0.5, 0.6) is 0 Å². The van der Waals surface area contributed by atoms with Crippen LogP contribution in [0.1, 0.15) is 18.2 Å². The molecule has 8 nitrogen and oxygen atoms in total. The van der Waals surface area contributed by atoms with Gasteiger partial charge in [-0.3, -0.25) is 14.3 Å². The normalized spacial score (nSPS) is 14.4. The first-order valence-electron chi connectivity index (χ1n) is 12.7. The maximum atomic E-state index is 15.0. The molecule has 1 aliphatic rings. The van der Waals surface area contributed by atoms with Gasteiger partial charge in [-0.15, -0.1) is 11.3 Å². The Balaban J connectivity index is 1.62. The Morgan fingerprint density at radius 2 is 1.57 bits per heavy atom. The highest BCUT2D eigenvalue weighted by Crippen LogP contribution is 2.30. The van der Waals surface area contributed by atoms with Gasteiger partial charge in [0.15, 0.2) is 11.4 Å². The number of likely N-dealkylation sites (N-methyl/N-ethyl adjacent to an activating group) is 1. The van der Waals surface area contributed by atoms with Crippen LogP contribution in [0.3, 0.4) is 0 Å². The smallest absolute Gasteiger partial charge is 0.297 e. The lowest BCUT2D eigenvalue weighted by Crippen LogP contribution is -2.30. The van der Waals surface area contributed by atoms with E-state index in [0.717, 1.165) is 5.69 Å². The molecular weight excluding hydrogens is 527 g/mol. The predicted octanol–water partition coefficient (Wildman–Crippen LogP) is 5.00. The highest BCUT2D eigenvalue weighted by molar-refractivity contribution is 7.07. The van der Waals surface area contributed by atoms with E-state index in [2.05, 4.69) is 0 Å². The summed E-state index contributed by atoms with van der Waals surface area (Å²) in [5.74, 6) is -0.688. The van der Waals surface area contributed by atoms with Crippen molar-refractivity contribution in [3.05, 3.63) is 116 Å². The summed E-state index contributed by atoms with van der Waals surface area (Å²) in [6, 6.07) is 23.1. The average Bonchev–Trinajstić information content (AvgIpc) is 3.56. The Morgan fingerprint density at radius 3 is 2.30 bits per heavy atom. The van der Waals surface area contributed by atoms with Gasteiger partial charge in [-0.2, -0.15) is 5.10 Å². The third-order valence-corrected chi connectivity index (χ3v) is 7.80. The van der Waals surface area contributed by atoms with Crippen molar-refractivity contribution < 1.29 is 9.18 Å². The highest BCUT2D eigenvalue weighted by atomic mass is 32.1. The minimum absolute atomic E-state index is 0.223. The lowest BCUT2D eigenvalue weighted by Gasteiger charge is -2.13. The summed E-state index contributed by atoms with van der Waals surface area (Å²) in [4.78, 5) is 33.8. The summed E-state index contributed by atoms with van der Waals surface area (Å²) in [5, 5.41) is 6.51. The summed E-state index contributed by atoms with van der Waals surface area (Å²) in [7, 11) is 1.80. The van der Waals surface area contributed by atoms with Crippen LogP contribution in [0.2, 0.25) is 0 Å². The minimum atomic E-state index is -0.434. The Bertz CT molecular complexity index is 1930. The van der Waals surface area contributed by atoms with Crippen molar-refractivity contribution in [3.8, 4) is 16.9 Å². The van der Waals surface area contributed by atoms with E-state index in [1.807, 2.05) is 68.4 Å². The molecule has 40 heavy (non-hydrogen) atoms. The first-order valence-corrected chi connectivity index (χ1v) is 13.6. The number of rotatable bonds is 5. The fraction of sp³-hybridized carbons (Fsp3) is 0.133. The molecule has 1 aliphatic heterocycles. The second-order valence-corrected chi connectivity index (χ2v) is 10.1. The number of nitrogens with zero attached hydrogens (tertiary/aromatic N) is 6. The van der Waals surface area contributed by atoms with E-state index < -0.39 is 5.82 Å². The van der Waals surface area contributed by atoms with Crippen LogP contribution >= 0.6 is 11.3 Å². The molecule has 3 aromatic carbocycles. The Kier molecular flexibility index (Phi) is 6.39. The third-order valence-electron chi connectivity index (χ3n) is 6.98. The molecule has 0 N–H and O–H groups in total. The van der Waals surface area contributed by atoms with Crippen LogP contribution in [0.15, 0.2) is 99.1 Å². The number of halogens is 1. The molecule has 200 valence electrons. The number of carbonyl (C=O) groups is 1. The zero-order chi connectivity index (χ0) is 28.0. The van der Waals surface area contributed by atoms with Crippen LogP contribution in [-0.4, -0.2) is 32.2 Å². The average molecular weight is 553 g/mol. The van der Waals surface area contributed by atoms with E-state index in [0.29, 0.717) is 39.5 Å². The molecule has 0 bridgehead atoms. The second kappa shape index (κ2) is 10.0. The molecule has 10 heteroatoms.